The quantitative estimate of drug-likeness (QED) is 0.483. The van der Waals surface area contributed by atoms with E-state index in [4.69, 9.17) is 28.3 Å². The highest BCUT2D eigenvalue weighted by atomic mass is 35.5. The fourth-order valence-electron chi connectivity index (χ4n) is 3.88. The fraction of sp³-hybridized carbons (Fsp3) is 0.217. The largest absolute Gasteiger partial charge is 0.393 e. The number of amides is 1. The maximum atomic E-state index is 13.1. The van der Waals surface area contributed by atoms with Crippen LogP contribution in [-0.4, -0.2) is 54.9 Å². The van der Waals surface area contributed by atoms with Gasteiger partial charge in [0.25, 0.3) is 5.91 Å². The minimum absolute atomic E-state index is 0.132. The van der Waals surface area contributed by atoms with Crippen molar-refractivity contribution in [1.29, 1.82) is 0 Å². The summed E-state index contributed by atoms with van der Waals surface area (Å²) in [6.07, 6.45) is 0.712. The summed E-state index contributed by atoms with van der Waals surface area (Å²) in [6.45, 7) is 0.935. The average Bonchev–Trinajstić information content (AvgIpc) is 3.22. The van der Waals surface area contributed by atoms with Crippen molar-refractivity contribution in [3.8, 4) is 22.4 Å². The summed E-state index contributed by atoms with van der Waals surface area (Å²) in [5.41, 5.74) is 3.48. The van der Waals surface area contributed by atoms with Crippen molar-refractivity contribution in [1.82, 2.24) is 24.7 Å². The van der Waals surface area contributed by atoms with Gasteiger partial charge < -0.3 is 10.0 Å². The van der Waals surface area contributed by atoms with Crippen LogP contribution >= 0.6 is 23.2 Å². The highest BCUT2D eigenvalue weighted by Crippen LogP contribution is 2.35. The second kappa shape index (κ2) is 8.50. The molecule has 0 radical (unpaired) electrons. The van der Waals surface area contributed by atoms with Gasteiger partial charge >= 0.3 is 0 Å². The van der Waals surface area contributed by atoms with Crippen LogP contribution in [-0.2, 0) is 0 Å². The lowest BCUT2D eigenvalue weighted by atomic mass is 10.00. The van der Waals surface area contributed by atoms with Gasteiger partial charge in [0.1, 0.15) is 5.69 Å². The van der Waals surface area contributed by atoms with Crippen LogP contribution in [0.25, 0.3) is 28.0 Å². The molecule has 1 amide bonds. The number of piperidine rings is 1. The smallest absolute Gasteiger partial charge is 0.293 e. The molecule has 7 nitrogen and oxygen atoms in total. The van der Waals surface area contributed by atoms with Crippen molar-refractivity contribution in [3.05, 3.63) is 70.5 Å². The predicted molar refractivity (Wildman–Crippen MR) is 123 cm³/mol. The Balaban J connectivity index is 1.66. The Labute approximate surface area is 194 Å². The normalized spacial score (nSPS) is 14.8. The third-order valence-corrected chi connectivity index (χ3v) is 6.20. The third kappa shape index (κ3) is 3.83. The number of nitrogens with zero attached hydrogens (tertiary/aromatic N) is 5. The van der Waals surface area contributed by atoms with Gasteiger partial charge in [0.2, 0.25) is 5.82 Å². The van der Waals surface area contributed by atoms with E-state index in [2.05, 4.69) is 10.2 Å². The van der Waals surface area contributed by atoms with E-state index in [1.165, 1.54) is 4.52 Å². The Morgan fingerprint density at radius 3 is 2.41 bits per heavy atom. The second-order valence-corrected chi connectivity index (χ2v) is 8.55. The number of rotatable bonds is 3. The zero-order chi connectivity index (χ0) is 22.2. The lowest BCUT2D eigenvalue weighted by molar-refractivity contribution is 0.0534. The molecule has 1 fully saturated rings. The molecule has 162 valence electrons. The molecule has 1 aliphatic rings. The standard InChI is InChI=1S/C23H19Cl2N5O2/c24-15-7-5-14(6-8-15)18-13-20-26-27-22(23(32)29-11-9-16(31)10-12-29)30(20)28-21(18)17-3-1-2-4-19(17)25/h1-8,13,16,31H,9-12H2. The summed E-state index contributed by atoms with van der Waals surface area (Å²) in [5, 5.41) is 24.0. The number of aromatic nitrogens is 4. The molecule has 0 atom stereocenters. The van der Waals surface area contributed by atoms with Gasteiger partial charge in [0.05, 0.1) is 11.1 Å². The van der Waals surface area contributed by atoms with E-state index in [0.29, 0.717) is 47.3 Å². The number of likely N-dealkylation sites (tertiary alicyclic amines) is 1. The molecule has 5 rings (SSSR count). The molecule has 3 heterocycles. The number of carbonyl (C=O) groups is 1. The molecule has 2 aromatic carbocycles. The van der Waals surface area contributed by atoms with Gasteiger partial charge in [-0.3, -0.25) is 4.79 Å². The number of hydrogen-bond acceptors (Lipinski definition) is 5. The van der Waals surface area contributed by atoms with E-state index in [9.17, 15) is 9.90 Å². The van der Waals surface area contributed by atoms with E-state index in [-0.39, 0.29) is 17.8 Å². The molecule has 1 N–H and O–H groups in total. The summed E-state index contributed by atoms with van der Waals surface area (Å²) < 4.78 is 1.46. The van der Waals surface area contributed by atoms with Crippen molar-refractivity contribution in [2.24, 2.45) is 0 Å². The van der Waals surface area contributed by atoms with Crippen molar-refractivity contribution in [2.75, 3.05) is 13.1 Å². The Kier molecular flexibility index (Phi) is 5.55. The van der Waals surface area contributed by atoms with Gasteiger partial charge in [-0.05, 0) is 42.7 Å². The van der Waals surface area contributed by atoms with Gasteiger partial charge in [-0.2, -0.15) is 9.61 Å². The number of halogens is 2. The second-order valence-electron chi connectivity index (χ2n) is 7.71. The van der Waals surface area contributed by atoms with Crippen molar-refractivity contribution < 1.29 is 9.90 Å². The Morgan fingerprint density at radius 2 is 1.69 bits per heavy atom. The van der Waals surface area contributed by atoms with E-state index in [1.807, 2.05) is 36.4 Å². The fourth-order valence-corrected chi connectivity index (χ4v) is 4.23. The molecule has 32 heavy (non-hydrogen) atoms. The molecule has 0 aliphatic carbocycles. The first kappa shape index (κ1) is 20.9. The topological polar surface area (TPSA) is 83.6 Å². The zero-order valence-electron chi connectivity index (χ0n) is 16.9. The number of aliphatic hydroxyl groups is 1. The molecular formula is C23H19Cl2N5O2. The maximum Gasteiger partial charge on any atom is 0.293 e. The van der Waals surface area contributed by atoms with Gasteiger partial charge in [-0.15, -0.1) is 10.2 Å². The molecule has 4 aromatic rings. The first-order chi connectivity index (χ1) is 15.5. The molecule has 0 spiro atoms. The molecule has 2 aromatic heterocycles. The van der Waals surface area contributed by atoms with Crippen LogP contribution in [0.3, 0.4) is 0 Å². The van der Waals surface area contributed by atoms with Crippen LogP contribution < -0.4 is 0 Å². The highest BCUT2D eigenvalue weighted by molar-refractivity contribution is 6.33. The van der Waals surface area contributed by atoms with Gasteiger partial charge in [-0.25, -0.2) is 0 Å². The third-order valence-electron chi connectivity index (χ3n) is 5.62. The first-order valence-electron chi connectivity index (χ1n) is 10.3. The van der Waals surface area contributed by atoms with Crippen LogP contribution in [0, 0.1) is 0 Å². The molecule has 1 saturated heterocycles. The van der Waals surface area contributed by atoms with Crippen LogP contribution in [0.4, 0.5) is 0 Å². The summed E-state index contributed by atoms with van der Waals surface area (Å²) in [7, 11) is 0. The highest BCUT2D eigenvalue weighted by Gasteiger charge is 2.27. The molecule has 9 heteroatoms. The molecule has 0 bridgehead atoms. The SMILES string of the molecule is O=C(c1nnc2cc(-c3ccc(Cl)cc3)c(-c3ccccc3Cl)nn12)N1CCC(O)CC1. The monoisotopic (exact) mass is 467 g/mol. The van der Waals surface area contributed by atoms with Crippen molar-refractivity contribution in [3.63, 3.8) is 0 Å². The van der Waals surface area contributed by atoms with Crippen molar-refractivity contribution in [2.45, 2.75) is 18.9 Å². The van der Waals surface area contributed by atoms with E-state index in [0.717, 1.165) is 16.7 Å². The minimum Gasteiger partial charge on any atom is -0.393 e. The lowest BCUT2D eigenvalue weighted by Gasteiger charge is -2.28. The van der Waals surface area contributed by atoms with E-state index < -0.39 is 0 Å². The van der Waals surface area contributed by atoms with Crippen molar-refractivity contribution >= 4 is 34.8 Å². The van der Waals surface area contributed by atoms with Crippen LogP contribution in [0.5, 0.6) is 0 Å². The molecule has 0 unspecified atom stereocenters. The van der Waals surface area contributed by atoms with Gasteiger partial charge in [-0.1, -0.05) is 53.5 Å². The molecular weight excluding hydrogens is 449 g/mol. The molecule has 1 aliphatic heterocycles. The first-order valence-corrected chi connectivity index (χ1v) is 11.0. The van der Waals surface area contributed by atoms with Crippen LogP contribution in [0.15, 0.2) is 54.6 Å². The Bertz CT molecular complexity index is 1300. The predicted octanol–water partition coefficient (Wildman–Crippen LogP) is 4.36. The number of fused-ring (bicyclic) bond motifs is 1. The summed E-state index contributed by atoms with van der Waals surface area (Å²) >= 11 is 12.6. The average molecular weight is 468 g/mol. The maximum absolute atomic E-state index is 13.1. The number of carbonyl (C=O) groups excluding carboxylic acids is 1. The van der Waals surface area contributed by atoms with E-state index >= 15 is 0 Å². The zero-order valence-corrected chi connectivity index (χ0v) is 18.5. The Morgan fingerprint density at radius 1 is 0.969 bits per heavy atom. The Hall–Kier alpha value is -3.00. The molecule has 0 saturated carbocycles. The minimum atomic E-state index is -0.374. The summed E-state index contributed by atoms with van der Waals surface area (Å²) in [5.74, 6) is -0.131. The number of aliphatic hydroxyl groups excluding tert-OH is 1. The summed E-state index contributed by atoms with van der Waals surface area (Å²) in [6, 6.07) is 16.7. The lowest BCUT2D eigenvalue weighted by Crippen LogP contribution is -2.40. The van der Waals surface area contributed by atoms with Gasteiger partial charge in [0.15, 0.2) is 5.65 Å². The van der Waals surface area contributed by atoms with Crippen LogP contribution in [0.1, 0.15) is 23.5 Å². The number of hydrogen-bond donors (Lipinski definition) is 1. The summed E-state index contributed by atoms with van der Waals surface area (Å²) in [4.78, 5) is 14.8. The van der Waals surface area contributed by atoms with Gasteiger partial charge in [0, 0.05) is 29.2 Å². The van der Waals surface area contributed by atoms with Crippen LogP contribution in [0.2, 0.25) is 10.0 Å². The number of benzene rings is 2. The van der Waals surface area contributed by atoms with E-state index in [1.54, 1.807) is 23.1 Å².